The topological polar surface area (TPSA) is 72.3 Å². The average Bonchev–Trinajstić information content (AvgIpc) is 2.36. The second-order valence-electron chi connectivity index (χ2n) is 4.50. The van der Waals surface area contributed by atoms with Gasteiger partial charge in [0.05, 0.1) is 6.54 Å². The first-order valence-corrected chi connectivity index (χ1v) is 6.44. The van der Waals surface area contributed by atoms with E-state index in [0.717, 1.165) is 31.5 Å². The van der Waals surface area contributed by atoms with E-state index in [0.29, 0.717) is 13.1 Å². The van der Waals surface area contributed by atoms with Crippen LogP contribution >= 0.6 is 0 Å². The first-order valence-electron chi connectivity index (χ1n) is 6.44. The van der Waals surface area contributed by atoms with Crippen molar-refractivity contribution in [3.63, 3.8) is 0 Å². The summed E-state index contributed by atoms with van der Waals surface area (Å²) < 4.78 is 0. The molecule has 0 saturated carbocycles. The molecular formula is C14H23N3O. The molecule has 1 amide bonds. The number of carbonyl (C=O) groups excluding carboxylic acids is 1. The zero-order valence-corrected chi connectivity index (χ0v) is 11.1. The van der Waals surface area contributed by atoms with Crippen LogP contribution in [0.15, 0.2) is 24.3 Å². The largest absolute Gasteiger partial charge is 0.369 e. The highest BCUT2D eigenvalue weighted by atomic mass is 16.1. The Hall–Kier alpha value is -1.39. The molecule has 4 N–H and O–H groups in total. The molecule has 0 fully saturated rings. The fraction of sp³-hybridized carbons (Fsp3) is 0.500. The number of carbonyl (C=O) groups is 1. The molecule has 0 aliphatic rings. The maximum atomic E-state index is 11.1. The Bertz CT molecular complexity index is 379. The van der Waals surface area contributed by atoms with E-state index < -0.39 is 0 Å². The van der Waals surface area contributed by atoms with Crippen LogP contribution in [0, 0.1) is 0 Å². The fourth-order valence-electron chi connectivity index (χ4n) is 1.97. The zero-order chi connectivity index (χ0) is 13.4. The summed E-state index contributed by atoms with van der Waals surface area (Å²) in [6, 6.07) is 8.06. The highest BCUT2D eigenvalue weighted by Gasteiger charge is 2.10. The molecule has 18 heavy (non-hydrogen) atoms. The van der Waals surface area contributed by atoms with Gasteiger partial charge in [-0.1, -0.05) is 37.6 Å². The van der Waals surface area contributed by atoms with E-state index in [1.54, 1.807) is 0 Å². The van der Waals surface area contributed by atoms with Crippen molar-refractivity contribution in [2.45, 2.75) is 32.9 Å². The highest BCUT2D eigenvalue weighted by Crippen LogP contribution is 2.11. The molecule has 0 unspecified atom stereocenters. The Morgan fingerprint density at radius 1 is 1.28 bits per heavy atom. The van der Waals surface area contributed by atoms with E-state index in [9.17, 15) is 4.79 Å². The Morgan fingerprint density at radius 2 is 1.94 bits per heavy atom. The van der Waals surface area contributed by atoms with Crippen molar-refractivity contribution >= 4 is 5.91 Å². The van der Waals surface area contributed by atoms with Crippen LogP contribution < -0.4 is 11.5 Å². The number of primary amides is 1. The predicted molar refractivity (Wildman–Crippen MR) is 73.7 cm³/mol. The van der Waals surface area contributed by atoms with Crippen molar-refractivity contribution in [2.75, 3.05) is 13.1 Å². The third-order valence-electron chi connectivity index (χ3n) is 2.94. The molecule has 1 rings (SSSR count). The number of benzene rings is 1. The van der Waals surface area contributed by atoms with Gasteiger partial charge in [-0.05, 0) is 24.1 Å². The van der Waals surface area contributed by atoms with Crippen molar-refractivity contribution in [3.8, 4) is 0 Å². The van der Waals surface area contributed by atoms with Gasteiger partial charge in [0.2, 0.25) is 5.91 Å². The molecule has 4 heteroatoms. The lowest BCUT2D eigenvalue weighted by molar-refractivity contribution is -0.119. The number of nitrogens with zero attached hydrogens (tertiary/aromatic N) is 1. The summed E-state index contributed by atoms with van der Waals surface area (Å²) in [7, 11) is 0. The van der Waals surface area contributed by atoms with Crippen molar-refractivity contribution in [1.29, 1.82) is 0 Å². The van der Waals surface area contributed by atoms with Crippen molar-refractivity contribution in [2.24, 2.45) is 11.5 Å². The summed E-state index contributed by atoms with van der Waals surface area (Å²) in [4.78, 5) is 13.2. The van der Waals surface area contributed by atoms with Crippen molar-refractivity contribution < 1.29 is 4.79 Å². The lowest BCUT2D eigenvalue weighted by Gasteiger charge is -2.21. The quantitative estimate of drug-likeness (QED) is 0.728. The monoisotopic (exact) mass is 249 g/mol. The van der Waals surface area contributed by atoms with Gasteiger partial charge in [-0.2, -0.15) is 0 Å². The number of nitrogens with two attached hydrogens (primary N) is 2. The summed E-state index contributed by atoms with van der Waals surface area (Å²) in [5.74, 6) is -0.281. The number of amides is 1. The summed E-state index contributed by atoms with van der Waals surface area (Å²) >= 11 is 0. The van der Waals surface area contributed by atoms with Crippen LogP contribution in [0.25, 0.3) is 0 Å². The van der Waals surface area contributed by atoms with Crippen LogP contribution in [0.5, 0.6) is 0 Å². The van der Waals surface area contributed by atoms with Gasteiger partial charge in [-0.15, -0.1) is 0 Å². The van der Waals surface area contributed by atoms with Crippen molar-refractivity contribution in [1.82, 2.24) is 4.90 Å². The van der Waals surface area contributed by atoms with Crippen molar-refractivity contribution in [3.05, 3.63) is 35.4 Å². The molecule has 0 aliphatic heterocycles. The molecule has 1 aromatic carbocycles. The smallest absolute Gasteiger partial charge is 0.231 e. The molecule has 0 spiro atoms. The summed E-state index contributed by atoms with van der Waals surface area (Å²) in [5, 5.41) is 0. The van der Waals surface area contributed by atoms with Crippen LogP contribution in [0.1, 0.15) is 30.9 Å². The molecule has 4 nitrogen and oxygen atoms in total. The first-order chi connectivity index (χ1) is 8.67. The molecule has 1 aromatic rings. The van der Waals surface area contributed by atoms with Gasteiger partial charge in [0.25, 0.3) is 0 Å². The molecular weight excluding hydrogens is 226 g/mol. The van der Waals surface area contributed by atoms with Crippen LogP contribution in [0.4, 0.5) is 0 Å². The van der Waals surface area contributed by atoms with E-state index in [-0.39, 0.29) is 5.91 Å². The molecule has 0 saturated heterocycles. The Morgan fingerprint density at radius 3 is 2.50 bits per heavy atom. The Balaban J connectivity index is 2.71. The molecule has 0 atom stereocenters. The first kappa shape index (κ1) is 14.7. The predicted octanol–water partition coefficient (Wildman–Crippen LogP) is 1.23. The zero-order valence-electron chi connectivity index (χ0n) is 11.1. The number of rotatable bonds is 8. The molecule has 0 aliphatic carbocycles. The van der Waals surface area contributed by atoms with Gasteiger partial charge < -0.3 is 11.5 Å². The minimum atomic E-state index is -0.281. The molecule has 0 bridgehead atoms. The van der Waals surface area contributed by atoms with E-state index in [1.807, 2.05) is 18.2 Å². The summed E-state index contributed by atoms with van der Waals surface area (Å²) in [5.41, 5.74) is 13.3. The second kappa shape index (κ2) is 7.84. The Kier molecular flexibility index (Phi) is 6.39. The normalized spacial score (nSPS) is 10.8. The van der Waals surface area contributed by atoms with Gasteiger partial charge in [0.1, 0.15) is 0 Å². The van der Waals surface area contributed by atoms with Gasteiger partial charge in [0.15, 0.2) is 0 Å². The lowest BCUT2D eigenvalue weighted by Crippen LogP contribution is -2.34. The van der Waals surface area contributed by atoms with E-state index in [1.165, 1.54) is 5.56 Å². The van der Waals surface area contributed by atoms with E-state index in [4.69, 9.17) is 11.5 Å². The van der Waals surface area contributed by atoms with Crippen LogP contribution in [0.3, 0.4) is 0 Å². The minimum absolute atomic E-state index is 0.281. The van der Waals surface area contributed by atoms with E-state index >= 15 is 0 Å². The van der Waals surface area contributed by atoms with Gasteiger partial charge in [-0.3, -0.25) is 9.69 Å². The number of hydrogen-bond acceptors (Lipinski definition) is 3. The SMILES string of the molecule is CCCCN(CC(N)=O)Cc1ccccc1CN. The average molecular weight is 249 g/mol. The fourth-order valence-corrected chi connectivity index (χ4v) is 1.97. The minimum Gasteiger partial charge on any atom is -0.369 e. The van der Waals surface area contributed by atoms with E-state index in [2.05, 4.69) is 17.9 Å². The molecule has 100 valence electrons. The third-order valence-corrected chi connectivity index (χ3v) is 2.94. The third kappa shape index (κ3) is 4.85. The maximum absolute atomic E-state index is 11.1. The summed E-state index contributed by atoms with van der Waals surface area (Å²) in [6.07, 6.45) is 2.17. The molecule has 0 radical (unpaired) electrons. The number of unbranched alkanes of at least 4 members (excludes halogenated alkanes) is 1. The van der Waals surface area contributed by atoms with Crippen LogP contribution in [-0.2, 0) is 17.9 Å². The molecule has 0 heterocycles. The van der Waals surface area contributed by atoms with Gasteiger partial charge >= 0.3 is 0 Å². The van der Waals surface area contributed by atoms with Gasteiger partial charge in [-0.25, -0.2) is 0 Å². The standard InChI is InChI=1S/C14H23N3O/c1-2-3-8-17(11-14(16)18)10-13-7-5-4-6-12(13)9-15/h4-7H,2-3,8-11,15H2,1H3,(H2,16,18). The second-order valence-corrected chi connectivity index (χ2v) is 4.50. The Labute approximate surface area is 109 Å². The molecule has 0 aromatic heterocycles. The summed E-state index contributed by atoms with van der Waals surface area (Å²) in [6.45, 7) is 4.58. The van der Waals surface area contributed by atoms with Crippen LogP contribution in [-0.4, -0.2) is 23.9 Å². The number of hydrogen-bond donors (Lipinski definition) is 2. The highest BCUT2D eigenvalue weighted by molar-refractivity contribution is 5.75. The van der Waals surface area contributed by atoms with Crippen LogP contribution in [0.2, 0.25) is 0 Å². The lowest BCUT2D eigenvalue weighted by atomic mass is 10.1. The maximum Gasteiger partial charge on any atom is 0.231 e. The van der Waals surface area contributed by atoms with Gasteiger partial charge in [0, 0.05) is 13.1 Å².